The fourth-order valence-corrected chi connectivity index (χ4v) is 5.39. The number of nitrogens with zero attached hydrogens (tertiary/aromatic N) is 2. The lowest BCUT2D eigenvalue weighted by atomic mass is 9.70. The molecule has 8 heteroatoms. The van der Waals surface area contributed by atoms with Gasteiger partial charge < -0.3 is 19.3 Å². The van der Waals surface area contributed by atoms with Crippen LogP contribution in [0.25, 0.3) is 0 Å². The molecule has 1 aliphatic heterocycles. The third-order valence-electron chi connectivity index (χ3n) is 6.21. The third kappa shape index (κ3) is 5.88. The summed E-state index contributed by atoms with van der Waals surface area (Å²) in [6.45, 7) is 7.18. The first-order valence-electron chi connectivity index (χ1n) is 11.9. The number of rotatable bonds is 11. The Morgan fingerprint density at radius 3 is 2.68 bits per heavy atom. The number of hydrogen-bond acceptors (Lipinski definition) is 7. The summed E-state index contributed by atoms with van der Waals surface area (Å²) in [7, 11) is 0. The number of carbonyl (C=O) groups excluding carboxylic acids is 1. The molecule has 0 aromatic heterocycles. The molecule has 1 aromatic rings. The third-order valence-corrected chi connectivity index (χ3v) is 6.80. The van der Waals surface area contributed by atoms with Gasteiger partial charge in [0.25, 0.3) is 0 Å². The molecule has 3 unspecified atom stereocenters. The van der Waals surface area contributed by atoms with Crippen molar-refractivity contribution in [3.05, 3.63) is 33.4 Å². The molecule has 1 N–H and O–H groups in total. The molecule has 184 valence electrons. The molecule has 0 fully saturated rings. The molecule has 1 heterocycles. The van der Waals surface area contributed by atoms with Crippen molar-refractivity contribution in [2.24, 2.45) is 16.8 Å². The van der Waals surface area contributed by atoms with Crippen LogP contribution >= 0.6 is 15.9 Å². The number of Topliss-reactive ketones (excluding diaryl/α,β-unsaturated/α-hetero) is 1. The highest BCUT2D eigenvalue weighted by Gasteiger charge is 2.41. The zero-order chi connectivity index (χ0) is 24.7. The topological polar surface area (TPSA) is 101 Å². The van der Waals surface area contributed by atoms with Crippen molar-refractivity contribution >= 4 is 27.4 Å². The van der Waals surface area contributed by atoms with Crippen molar-refractivity contribution in [3.8, 4) is 17.6 Å². The highest BCUT2D eigenvalue weighted by Crippen LogP contribution is 2.48. The molecule has 0 amide bonds. The van der Waals surface area contributed by atoms with Crippen LogP contribution in [0.4, 0.5) is 0 Å². The molecular formula is C26H33BrN2O5. The summed E-state index contributed by atoms with van der Waals surface area (Å²) in [6, 6.07) is 6.18. The number of allylic oxidation sites excluding steroid dienone is 2. The predicted molar refractivity (Wildman–Crippen MR) is 133 cm³/mol. The first kappa shape index (κ1) is 26.4. The van der Waals surface area contributed by atoms with Crippen LogP contribution in [-0.2, 0) is 9.53 Å². The summed E-state index contributed by atoms with van der Waals surface area (Å²) in [6.07, 6.45) is 3.31. The van der Waals surface area contributed by atoms with Crippen LogP contribution in [-0.4, -0.2) is 49.6 Å². The van der Waals surface area contributed by atoms with Crippen LogP contribution in [0.15, 0.2) is 32.9 Å². The summed E-state index contributed by atoms with van der Waals surface area (Å²) in [5.74, 6) is 0.564. The van der Waals surface area contributed by atoms with E-state index in [0.29, 0.717) is 53.7 Å². The number of halogens is 1. The lowest BCUT2D eigenvalue weighted by Gasteiger charge is -2.35. The van der Waals surface area contributed by atoms with Crippen molar-refractivity contribution in [3.63, 3.8) is 0 Å². The van der Waals surface area contributed by atoms with Crippen molar-refractivity contribution in [1.82, 2.24) is 0 Å². The van der Waals surface area contributed by atoms with E-state index in [1.54, 1.807) is 0 Å². The van der Waals surface area contributed by atoms with Crippen molar-refractivity contribution in [2.75, 3.05) is 33.0 Å². The SMILES string of the molecule is CCCC1CC(=O)C2=C(C1)N=C(C)C(C#N)C2c1cc(Br)c(OCCOCCO)c(OCC)c1. The molecule has 2 aliphatic rings. The molecule has 3 rings (SSSR count). The van der Waals surface area contributed by atoms with E-state index in [1.165, 1.54) is 0 Å². The van der Waals surface area contributed by atoms with E-state index in [9.17, 15) is 10.1 Å². The quantitative estimate of drug-likeness (QED) is 0.404. The van der Waals surface area contributed by atoms with Gasteiger partial charge in [0.05, 0.1) is 42.9 Å². The van der Waals surface area contributed by atoms with Crippen LogP contribution in [0.1, 0.15) is 57.9 Å². The number of aliphatic hydroxyl groups is 1. The van der Waals surface area contributed by atoms with Crippen LogP contribution in [0.5, 0.6) is 11.5 Å². The number of benzene rings is 1. The predicted octanol–water partition coefficient (Wildman–Crippen LogP) is 4.97. The van der Waals surface area contributed by atoms with Crippen LogP contribution in [0.2, 0.25) is 0 Å². The molecular weight excluding hydrogens is 500 g/mol. The summed E-state index contributed by atoms with van der Waals surface area (Å²) in [4.78, 5) is 18.1. The Balaban J connectivity index is 1.99. The van der Waals surface area contributed by atoms with Gasteiger partial charge in [-0.15, -0.1) is 0 Å². The maximum Gasteiger partial charge on any atom is 0.175 e. The minimum Gasteiger partial charge on any atom is -0.490 e. The minimum absolute atomic E-state index is 0.0392. The summed E-state index contributed by atoms with van der Waals surface area (Å²) >= 11 is 3.61. The van der Waals surface area contributed by atoms with Crippen molar-refractivity contribution in [2.45, 2.75) is 52.4 Å². The first-order chi connectivity index (χ1) is 16.4. The number of ketones is 1. The average molecular weight is 533 g/mol. The van der Waals surface area contributed by atoms with E-state index < -0.39 is 11.8 Å². The second-order valence-corrected chi connectivity index (χ2v) is 9.49. The standard InChI is InChI=1S/C26H33BrN2O5/c1-4-6-17-11-21-25(22(31)12-17)24(19(15-28)16(3)29-21)18-13-20(27)26(23(14-18)33-5-2)34-10-9-32-8-7-30/h13-14,17,19,24,30H,4-12H2,1-3H3. The van der Waals surface area contributed by atoms with E-state index in [0.717, 1.165) is 36.2 Å². The molecule has 34 heavy (non-hydrogen) atoms. The Bertz CT molecular complexity index is 998. The van der Waals surface area contributed by atoms with Gasteiger partial charge in [0.1, 0.15) is 6.61 Å². The molecule has 0 saturated heterocycles. The fourth-order valence-electron chi connectivity index (χ4n) is 4.82. The fraction of sp³-hybridized carbons (Fsp3) is 0.577. The monoisotopic (exact) mass is 532 g/mol. The normalized spacial score (nSPS) is 22.2. The molecule has 0 spiro atoms. The number of aliphatic hydroxyl groups excluding tert-OH is 1. The Hall–Kier alpha value is -2.21. The maximum absolute atomic E-state index is 13.3. The van der Waals surface area contributed by atoms with E-state index in [-0.39, 0.29) is 19.0 Å². The number of aliphatic imine (C=N–C) groups is 1. The largest absolute Gasteiger partial charge is 0.490 e. The van der Waals surface area contributed by atoms with E-state index >= 15 is 0 Å². The Morgan fingerprint density at radius 1 is 1.21 bits per heavy atom. The van der Waals surface area contributed by atoms with Gasteiger partial charge >= 0.3 is 0 Å². The first-order valence-corrected chi connectivity index (χ1v) is 12.7. The van der Waals surface area contributed by atoms with Crippen LogP contribution in [0, 0.1) is 23.2 Å². The highest BCUT2D eigenvalue weighted by atomic mass is 79.9. The minimum atomic E-state index is -0.523. The van der Waals surface area contributed by atoms with Gasteiger partial charge in [0.15, 0.2) is 17.3 Å². The number of nitriles is 1. The van der Waals surface area contributed by atoms with Gasteiger partial charge in [-0.3, -0.25) is 9.79 Å². The lowest BCUT2D eigenvalue weighted by molar-refractivity contribution is -0.117. The van der Waals surface area contributed by atoms with E-state index in [2.05, 4.69) is 28.9 Å². The molecule has 3 atom stereocenters. The smallest absolute Gasteiger partial charge is 0.175 e. The van der Waals surface area contributed by atoms with Gasteiger partial charge in [-0.05, 0) is 66.2 Å². The van der Waals surface area contributed by atoms with Gasteiger partial charge in [0.2, 0.25) is 0 Å². The van der Waals surface area contributed by atoms with Crippen LogP contribution < -0.4 is 9.47 Å². The Labute approximate surface area is 209 Å². The molecule has 0 bridgehead atoms. The summed E-state index contributed by atoms with van der Waals surface area (Å²) in [5.41, 5.74) is 3.07. The second-order valence-electron chi connectivity index (χ2n) is 8.63. The number of ether oxygens (including phenoxy) is 3. The highest BCUT2D eigenvalue weighted by molar-refractivity contribution is 9.10. The van der Waals surface area contributed by atoms with E-state index in [4.69, 9.17) is 24.3 Å². The summed E-state index contributed by atoms with van der Waals surface area (Å²) in [5, 5.41) is 18.9. The molecule has 1 aliphatic carbocycles. The maximum atomic E-state index is 13.3. The molecule has 1 aromatic carbocycles. The number of carbonyl (C=O) groups is 1. The average Bonchev–Trinajstić information content (AvgIpc) is 2.79. The van der Waals surface area contributed by atoms with Gasteiger partial charge in [-0.2, -0.15) is 5.26 Å². The van der Waals surface area contributed by atoms with Gasteiger partial charge in [0, 0.05) is 29.3 Å². The molecule has 0 radical (unpaired) electrons. The zero-order valence-corrected chi connectivity index (χ0v) is 21.7. The molecule has 0 saturated carbocycles. The van der Waals surface area contributed by atoms with Crippen molar-refractivity contribution in [1.29, 1.82) is 5.26 Å². The second kappa shape index (κ2) is 12.5. The Kier molecular flexibility index (Phi) is 9.69. The summed E-state index contributed by atoms with van der Waals surface area (Å²) < 4.78 is 17.8. The van der Waals surface area contributed by atoms with E-state index in [1.807, 2.05) is 26.0 Å². The molecule has 7 nitrogen and oxygen atoms in total. The Morgan fingerprint density at radius 2 is 2.00 bits per heavy atom. The van der Waals surface area contributed by atoms with Gasteiger partial charge in [-0.1, -0.05) is 13.3 Å². The lowest BCUT2D eigenvalue weighted by Crippen LogP contribution is -2.32. The van der Waals surface area contributed by atoms with Crippen LogP contribution in [0.3, 0.4) is 0 Å². The van der Waals surface area contributed by atoms with Crippen molar-refractivity contribution < 1.29 is 24.1 Å². The number of hydrogen-bond donors (Lipinski definition) is 1. The van der Waals surface area contributed by atoms with Gasteiger partial charge in [-0.25, -0.2) is 0 Å². The zero-order valence-electron chi connectivity index (χ0n) is 20.1.